The van der Waals surface area contributed by atoms with Gasteiger partial charge in [0.1, 0.15) is 10.0 Å². The molecule has 3 nitrogen and oxygen atoms in total. The van der Waals surface area contributed by atoms with Crippen LogP contribution in [0.2, 0.25) is 5.02 Å². The standard InChI is InChI=1S/C9H8ClN3S.ClH/c10-7-3-1-6(2-4-7)9-13-12-8(5-11)14-9;/h1-4H,5,11H2;1H. The highest BCUT2D eigenvalue weighted by Gasteiger charge is 2.04. The molecule has 2 rings (SSSR count). The lowest BCUT2D eigenvalue weighted by Crippen LogP contribution is -1.94. The van der Waals surface area contributed by atoms with Gasteiger partial charge in [-0.05, 0) is 12.1 Å². The van der Waals surface area contributed by atoms with Crippen LogP contribution in [0.3, 0.4) is 0 Å². The number of benzene rings is 1. The minimum Gasteiger partial charge on any atom is -0.324 e. The van der Waals surface area contributed by atoms with E-state index in [1.54, 1.807) is 0 Å². The fourth-order valence-electron chi connectivity index (χ4n) is 1.05. The fourth-order valence-corrected chi connectivity index (χ4v) is 1.89. The van der Waals surface area contributed by atoms with Crippen LogP contribution in [0.1, 0.15) is 5.01 Å². The number of hydrogen-bond acceptors (Lipinski definition) is 4. The minimum absolute atomic E-state index is 0. The van der Waals surface area contributed by atoms with Gasteiger partial charge in [0.05, 0.1) is 0 Å². The molecule has 0 amide bonds. The minimum atomic E-state index is 0. The summed E-state index contributed by atoms with van der Waals surface area (Å²) in [5, 5.41) is 10.4. The van der Waals surface area contributed by atoms with E-state index >= 15 is 0 Å². The third-order valence-electron chi connectivity index (χ3n) is 1.73. The van der Waals surface area contributed by atoms with Gasteiger partial charge in [0.2, 0.25) is 0 Å². The molecule has 2 aromatic rings. The van der Waals surface area contributed by atoms with Crippen LogP contribution in [0.4, 0.5) is 0 Å². The Bertz CT molecular complexity index is 427. The zero-order valence-electron chi connectivity index (χ0n) is 7.68. The molecule has 1 aromatic heterocycles. The Morgan fingerprint density at radius 2 is 1.87 bits per heavy atom. The van der Waals surface area contributed by atoms with Gasteiger partial charge in [-0.25, -0.2) is 0 Å². The smallest absolute Gasteiger partial charge is 0.147 e. The molecule has 0 atom stereocenters. The van der Waals surface area contributed by atoms with E-state index in [4.69, 9.17) is 17.3 Å². The van der Waals surface area contributed by atoms with Crippen LogP contribution in [0.15, 0.2) is 24.3 Å². The molecule has 6 heteroatoms. The van der Waals surface area contributed by atoms with E-state index in [2.05, 4.69) is 10.2 Å². The molecule has 0 saturated carbocycles. The number of rotatable bonds is 2. The average Bonchev–Trinajstić information content (AvgIpc) is 2.67. The van der Waals surface area contributed by atoms with Gasteiger partial charge in [-0.2, -0.15) is 0 Å². The Labute approximate surface area is 103 Å². The van der Waals surface area contributed by atoms with E-state index in [-0.39, 0.29) is 12.4 Å². The number of hydrogen-bond donors (Lipinski definition) is 1. The predicted molar refractivity (Wildman–Crippen MR) is 65.5 cm³/mol. The van der Waals surface area contributed by atoms with E-state index in [0.717, 1.165) is 20.6 Å². The number of nitrogens with zero attached hydrogens (tertiary/aromatic N) is 2. The summed E-state index contributed by atoms with van der Waals surface area (Å²) in [5.41, 5.74) is 6.47. The van der Waals surface area contributed by atoms with Crippen molar-refractivity contribution in [3.63, 3.8) is 0 Å². The van der Waals surface area contributed by atoms with E-state index in [0.29, 0.717) is 6.54 Å². The summed E-state index contributed by atoms with van der Waals surface area (Å²) in [6.45, 7) is 0.436. The molecule has 0 saturated heterocycles. The summed E-state index contributed by atoms with van der Waals surface area (Å²) >= 11 is 7.28. The first-order valence-electron chi connectivity index (χ1n) is 4.08. The second kappa shape index (κ2) is 5.42. The van der Waals surface area contributed by atoms with Crippen LogP contribution < -0.4 is 5.73 Å². The van der Waals surface area contributed by atoms with Crippen molar-refractivity contribution in [1.82, 2.24) is 10.2 Å². The Kier molecular flexibility index (Phi) is 4.47. The molecule has 1 aromatic carbocycles. The summed E-state index contributed by atoms with van der Waals surface area (Å²) in [5.74, 6) is 0. The van der Waals surface area contributed by atoms with E-state index in [1.807, 2.05) is 24.3 Å². The third-order valence-corrected chi connectivity index (χ3v) is 2.98. The molecule has 80 valence electrons. The van der Waals surface area contributed by atoms with Crippen LogP contribution in [0.25, 0.3) is 10.6 Å². The first kappa shape index (κ1) is 12.4. The van der Waals surface area contributed by atoms with Crippen molar-refractivity contribution in [3.05, 3.63) is 34.3 Å². The maximum absolute atomic E-state index is 5.78. The molecule has 1 heterocycles. The van der Waals surface area contributed by atoms with E-state index in [1.165, 1.54) is 11.3 Å². The van der Waals surface area contributed by atoms with E-state index < -0.39 is 0 Å². The molecule has 0 aliphatic carbocycles. The Hall–Kier alpha value is -0.680. The second-order valence-electron chi connectivity index (χ2n) is 2.71. The third kappa shape index (κ3) is 2.89. The molecule has 0 radical (unpaired) electrons. The summed E-state index contributed by atoms with van der Waals surface area (Å²) in [4.78, 5) is 0. The van der Waals surface area contributed by atoms with Crippen molar-refractivity contribution in [3.8, 4) is 10.6 Å². The van der Waals surface area contributed by atoms with Crippen LogP contribution in [0.5, 0.6) is 0 Å². The average molecular weight is 262 g/mol. The van der Waals surface area contributed by atoms with Crippen molar-refractivity contribution in [2.45, 2.75) is 6.54 Å². The highest BCUT2D eigenvalue weighted by atomic mass is 35.5. The summed E-state index contributed by atoms with van der Waals surface area (Å²) in [7, 11) is 0. The van der Waals surface area contributed by atoms with Crippen LogP contribution in [0, 0.1) is 0 Å². The van der Waals surface area contributed by atoms with Crippen molar-refractivity contribution in [2.24, 2.45) is 5.73 Å². The maximum atomic E-state index is 5.78. The van der Waals surface area contributed by atoms with Crippen molar-refractivity contribution in [2.75, 3.05) is 0 Å². The zero-order valence-corrected chi connectivity index (χ0v) is 10.1. The Balaban J connectivity index is 0.00000112. The lowest BCUT2D eigenvalue weighted by molar-refractivity contribution is 0.960. The Morgan fingerprint density at radius 1 is 1.20 bits per heavy atom. The highest BCUT2D eigenvalue weighted by Crippen LogP contribution is 2.24. The lowest BCUT2D eigenvalue weighted by Gasteiger charge is -1.93. The lowest BCUT2D eigenvalue weighted by atomic mass is 10.2. The van der Waals surface area contributed by atoms with Gasteiger partial charge < -0.3 is 5.73 Å². The number of halogens is 2. The monoisotopic (exact) mass is 261 g/mol. The molecule has 0 bridgehead atoms. The topological polar surface area (TPSA) is 51.8 Å². The maximum Gasteiger partial charge on any atom is 0.147 e. The molecule has 0 aliphatic heterocycles. The molecule has 0 unspecified atom stereocenters. The second-order valence-corrected chi connectivity index (χ2v) is 4.21. The molecule has 0 aliphatic rings. The first-order valence-corrected chi connectivity index (χ1v) is 5.27. The van der Waals surface area contributed by atoms with Crippen LogP contribution in [-0.4, -0.2) is 10.2 Å². The van der Waals surface area contributed by atoms with Crippen LogP contribution in [-0.2, 0) is 6.54 Å². The fraction of sp³-hybridized carbons (Fsp3) is 0.111. The molecule has 15 heavy (non-hydrogen) atoms. The molecule has 0 fully saturated rings. The van der Waals surface area contributed by atoms with Gasteiger partial charge in [-0.3, -0.25) is 0 Å². The van der Waals surface area contributed by atoms with E-state index in [9.17, 15) is 0 Å². The van der Waals surface area contributed by atoms with Crippen molar-refractivity contribution < 1.29 is 0 Å². The SMILES string of the molecule is Cl.NCc1nnc(-c2ccc(Cl)cc2)s1. The molecule has 0 spiro atoms. The van der Waals surface area contributed by atoms with Gasteiger partial charge in [-0.1, -0.05) is 35.1 Å². The summed E-state index contributed by atoms with van der Waals surface area (Å²) < 4.78 is 0. The Morgan fingerprint density at radius 3 is 2.40 bits per heavy atom. The van der Waals surface area contributed by atoms with Crippen LogP contribution >= 0.6 is 35.3 Å². The first-order chi connectivity index (χ1) is 6.79. The molecular weight excluding hydrogens is 253 g/mol. The summed E-state index contributed by atoms with van der Waals surface area (Å²) in [6.07, 6.45) is 0. The zero-order chi connectivity index (χ0) is 9.97. The molecule has 2 N–H and O–H groups in total. The van der Waals surface area contributed by atoms with Gasteiger partial charge >= 0.3 is 0 Å². The highest BCUT2D eigenvalue weighted by molar-refractivity contribution is 7.14. The molecular formula is C9H9Cl2N3S. The van der Waals surface area contributed by atoms with Gasteiger partial charge in [-0.15, -0.1) is 22.6 Å². The van der Waals surface area contributed by atoms with Crippen molar-refractivity contribution in [1.29, 1.82) is 0 Å². The van der Waals surface area contributed by atoms with Gasteiger partial charge in [0.15, 0.2) is 0 Å². The normalized spacial score (nSPS) is 9.73. The number of nitrogens with two attached hydrogens (primary N) is 1. The van der Waals surface area contributed by atoms with Gasteiger partial charge in [0.25, 0.3) is 0 Å². The summed E-state index contributed by atoms with van der Waals surface area (Å²) in [6, 6.07) is 7.51. The number of aromatic nitrogens is 2. The predicted octanol–water partition coefficient (Wildman–Crippen LogP) is 2.74. The van der Waals surface area contributed by atoms with Gasteiger partial charge in [0, 0.05) is 17.1 Å². The largest absolute Gasteiger partial charge is 0.324 e. The van der Waals surface area contributed by atoms with Crippen molar-refractivity contribution >= 4 is 35.3 Å². The quantitative estimate of drug-likeness (QED) is 0.905.